The summed E-state index contributed by atoms with van der Waals surface area (Å²) in [7, 11) is 1.26. The smallest absolute Gasteiger partial charge is 0.354 e. The standard InChI is InChI=1S/C26H30BrN3O6/c1-15-19(16(2)28-21(15)26(34)35-3)23(31)20-22(17-6-4-7-18(27)14-17)30(25(33)24(20)32)9-5-8-29-10-12-36-13-11-29/h4,6-7,14,22,28,31H,5,8-13H2,1-3H3/b23-20+. The van der Waals surface area contributed by atoms with Crippen LogP contribution in [0.4, 0.5) is 0 Å². The van der Waals surface area contributed by atoms with Crippen molar-refractivity contribution >= 4 is 39.3 Å². The van der Waals surface area contributed by atoms with Gasteiger partial charge in [-0.25, -0.2) is 4.79 Å². The Morgan fingerprint density at radius 3 is 2.67 bits per heavy atom. The molecule has 0 aliphatic carbocycles. The van der Waals surface area contributed by atoms with Crippen LogP contribution in [0.2, 0.25) is 0 Å². The van der Waals surface area contributed by atoms with Crippen molar-refractivity contribution in [2.75, 3.05) is 46.5 Å². The number of likely N-dealkylation sites (tertiary alicyclic amines) is 1. The second-order valence-corrected chi connectivity index (χ2v) is 10.0. The summed E-state index contributed by atoms with van der Waals surface area (Å²) < 4.78 is 11.0. The molecule has 0 radical (unpaired) electrons. The van der Waals surface area contributed by atoms with Gasteiger partial charge in [-0.3, -0.25) is 9.59 Å². The lowest BCUT2D eigenvalue weighted by atomic mass is 9.94. The molecule has 1 aromatic heterocycles. The van der Waals surface area contributed by atoms with Crippen molar-refractivity contribution in [3.63, 3.8) is 0 Å². The first-order chi connectivity index (χ1) is 17.2. The number of hydrogen-bond acceptors (Lipinski definition) is 6. The third-order valence-corrected chi connectivity index (χ3v) is 7.37. The molecule has 2 aliphatic rings. The molecule has 0 saturated carbocycles. The van der Waals surface area contributed by atoms with Crippen molar-refractivity contribution in [3.8, 4) is 0 Å². The molecular weight excluding hydrogens is 530 g/mol. The van der Waals surface area contributed by atoms with Gasteiger partial charge in [0.05, 0.1) is 32.9 Å². The lowest BCUT2D eigenvalue weighted by molar-refractivity contribution is -0.908. The third-order valence-electron chi connectivity index (χ3n) is 6.88. The number of aryl methyl sites for hydroxylation is 1. The fourth-order valence-electron chi connectivity index (χ4n) is 5.07. The highest BCUT2D eigenvalue weighted by Gasteiger charge is 2.44. The van der Waals surface area contributed by atoms with Crippen LogP contribution in [0.15, 0.2) is 34.3 Å². The maximum atomic E-state index is 13.9. The minimum absolute atomic E-state index is 0.0987. The number of benzene rings is 1. The Hall–Kier alpha value is -2.95. The van der Waals surface area contributed by atoms with Crippen molar-refractivity contribution in [3.05, 3.63) is 62.4 Å². The van der Waals surface area contributed by atoms with E-state index < -0.39 is 29.5 Å². The highest BCUT2D eigenvalue weighted by Crippen LogP contribution is 2.40. The molecule has 2 aromatic rings. The van der Waals surface area contributed by atoms with Crippen molar-refractivity contribution in [1.82, 2.24) is 9.88 Å². The zero-order valence-corrected chi connectivity index (χ0v) is 22.2. The van der Waals surface area contributed by atoms with Gasteiger partial charge in [0.15, 0.2) is 0 Å². The number of ether oxygens (including phenoxy) is 2. The molecule has 2 fully saturated rings. The summed E-state index contributed by atoms with van der Waals surface area (Å²) in [5.74, 6) is -2.65. The molecule has 10 heteroatoms. The van der Waals surface area contributed by atoms with Gasteiger partial charge in [-0.1, -0.05) is 33.8 Å². The number of morpholine rings is 1. The fourth-order valence-corrected chi connectivity index (χ4v) is 5.48. The van der Waals surface area contributed by atoms with E-state index in [9.17, 15) is 19.5 Å². The number of amides is 1. The van der Waals surface area contributed by atoms with E-state index in [-0.39, 0.29) is 16.8 Å². The van der Waals surface area contributed by atoms with Crippen LogP contribution in [-0.4, -0.2) is 74.0 Å². The SMILES string of the molecule is COC(=O)c1[nH]c(C)c(/C([O-])=C2\C(=O)C(=O)N(CCC[NH+]3CCOCC3)C2c2cccc(Br)c2)c1C. The molecule has 36 heavy (non-hydrogen) atoms. The van der Waals surface area contributed by atoms with Gasteiger partial charge in [0.1, 0.15) is 18.8 Å². The zero-order valence-electron chi connectivity index (χ0n) is 20.6. The molecule has 0 spiro atoms. The van der Waals surface area contributed by atoms with Crippen LogP contribution in [0, 0.1) is 13.8 Å². The second-order valence-electron chi connectivity index (χ2n) is 9.11. The Labute approximate surface area is 218 Å². The molecule has 1 aromatic carbocycles. The predicted octanol–water partition coefficient (Wildman–Crippen LogP) is 0.710. The molecule has 9 nitrogen and oxygen atoms in total. The number of halogens is 1. The molecule has 1 unspecified atom stereocenters. The number of aromatic amines is 1. The molecule has 2 saturated heterocycles. The van der Waals surface area contributed by atoms with Crippen LogP contribution < -0.4 is 10.0 Å². The first-order valence-electron chi connectivity index (χ1n) is 12.0. The lowest BCUT2D eigenvalue weighted by Crippen LogP contribution is -3.14. The summed E-state index contributed by atoms with van der Waals surface area (Å²) in [6, 6.07) is 6.47. The Morgan fingerprint density at radius 2 is 2.00 bits per heavy atom. The Kier molecular flexibility index (Phi) is 7.97. The summed E-state index contributed by atoms with van der Waals surface area (Å²) >= 11 is 3.46. The van der Waals surface area contributed by atoms with E-state index in [1.807, 2.05) is 24.3 Å². The van der Waals surface area contributed by atoms with Crippen molar-refractivity contribution < 1.29 is 33.9 Å². The Morgan fingerprint density at radius 1 is 1.28 bits per heavy atom. The van der Waals surface area contributed by atoms with E-state index in [0.29, 0.717) is 43.0 Å². The number of nitrogens with one attached hydrogen (secondary N) is 2. The Bertz CT molecular complexity index is 1210. The largest absolute Gasteiger partial charge is 0.872 e. The molecule has 4 rings (SSSR count). The van der Waals surface area contributed by atoms with Crippen LogP contribution in [0.25, 0.3) is 5.76 Å². The van der Waals surface area contributed by atoms with Crippen LogP contribution in [0.1, 0.15) is 45.3 Å². The molecule has 2 N–H and O–H groups in total. The van der Waals surface area contributed by atoms with E-state index in [1.165, 1.54) is 16.9 Å². The highest BCUT2D eigenvalue weighted by atomic mass is 79.9. The number of quaternary nitrogens is 1. The molecule has 2 aliphatic heterocycles. The first-order valence-corrected chi connectivity index (χ1v) is 12.7. The topological polar surface area (TPSA) is 116 Å². The zero-order chi connectivity index (χ0) is 26.0. The monoisotopic (exact) mass is 559 g/mol. The average Bonchev–Trinajstić information content (AvgIpc) is 3.31. The number of aromatic nitrogens is 1. The average molecular weight is 560 g/mol. The van der Waals surface area contributed by atoms with Gasteiger partial charge >= 0.3 is 5.97 Å². The fraction of sp³-hybridized carbons (Fsp3) is 0.423. The third kappa shape index (κ3) is 4.98. The van der Waals surface area contributed by atoms with E-state index in [1.54, 1.807) is 13.8 Å². The van der Waals surface area contributed by atoms with Crippen LogP contribution in [0.3, 0.4) is 0 Å². The van der Waals surface area contributed by atoms with E-state index in [2.05, 4.69) is 20.9 Å². The lowest BCUT2D eigenvalue weighted by Gasteiger charge is -2.29. The minimum Gasteiger partial charge on any atom is -0.872 e. The predicted molar refractivity (Wildman–Crippen MR) is 133 cm³/mol. The van der Waals surface area contributed by atoms with Gasteiger partial charge in [0, 0.05) is 28.7 Å². The van der Waals surface area contributed by atoms with Crippen molar-refractivity contribution in [2.24, 2.45) is 0 Å². The number of methoxy groups -OCH3 is 1. The van der Waals surface area contributed by atoms with Gasteiger partial charge in [0.25, 0.3) is 5.91 Å². The first kappa shape index (κ1) is 26.1. The van der Waals surface area contributed by atoms with Crippen LogP contribution in [0.5, 0.6) is 0 Å². The number of H-pyrrole nitrogens is 1. The van der Waals surface area contributed by atoms with Gasteiger partial charge < -0.3 is 29.4 Å². The normalized spacial score (nSPS) is 20.2. The van der Waals surface area contributed by atoms with Crippen LogP contribution >= 0.6 is 15.9 Å². The molecule has 1 atom stereocenters. The minimum atomic E-state index is -0.815. The maximum Gasteiger partial charge on any atom is 0.354 e. The Balaban J connectivity index is 1.75. The molecule has 1 amide bonds. The molecule has 0 bridgehead atoms. The summed E-state index contributed by atoms with van der Waals surface area (Å²) in [5.41, 5.74) is 1.77. The summed E-state index contributed by atoms with van der Waals surface area (Å²) in [5, 5.41) is 13.9. The highest BCUT2D eigenvalue weighted by molar-refractivity contribution is 9.10. The number of Topliss-reactive ketones (excluding diaryl/α,β-unsaturated/α-hetero) is 1. The number of nitrogens with zero attached hydrogens (tertiary/aromatic N) is 1. The van der Waals surface area contributed by atoms with Gasteiger partial charge in [-0.15, -0.1) is 0 Å². The molecule has 3 heterocycles. The molecular formula is C26H30BrN3O6. The second kappa shape index (κ2) is 11.0. The number of rotatable bonds is 7. The number of carbonyl (C=O) groups excluding carboxylic acids is 3. The van der Waals surface area contributed by atoms with Crippen molar-refractivity contribution in [2.45, 2.75) is 26.3 Å². The van der Waals surface area contributed by atoms with E-state index in [0.717, 1.165) is 24.1 Å². The summed E-state index contributed by atoms with van der Waals surface area (Å²) in [6.45, 7) is 7.72. The number of esters is 1. The molecule has 192 valence electrons. The maximum absolute atomic E-state index is 13.9. The number of hydrogen-bond donors (Lipinski definition) is 2. The van der Waals surface area contributed by atoms with E-state index in [4.69, 9.17) is 9.47 Å². The summed E-state index contributed by atoms with van der Waals surface area (Å²) in [6.07, 6.45) is 0.690. The van der Waals surface area contributed by atoms with Crippen molar-refractivity contribution in [1.29, 1.82) is 0 Å². The number of carbonyl (C=O) groups is 3. The quantitative estimate of drug-likeness (QED) is 0.223. The van der Waals surface area contributed by atoms with Crippen LogP contribution in [-0.2, 0) is 19.1 Å². The van der Waals surface area contributed by atoms with Gasteiger partial charge in [0.2, 0.25) is 5.78 Å². The number of ketones is 1. The van der Waals surface area contributed by atoms with Gasteiger partial charge in [-0.2, -0.15) is 0 Å². The van der Waals surface area contributed by atoms with Gasteiger partial charge in [-0.05, 0) is 42.7 Å². The summed E-state index contributed by atoms with van der Waals surface area (Å²) in [4.78, 5) is 44.5. The van der Waals surface area contributed by atoms with E-state index >= 15 is 0 Å².